The van der Waals surface area contributed by atoms with Crippen molar-refractivity contribution in [1.29, 1.82) is 10.5 Å². The van der Waals surface area contributed by atoms with Crippen LogP contribution in [-0.4, -0.2) is 28.2 Å². The Bertz CT molecular complexity index is 1120. The second-order valence-electron chi connectivity index (χ2n) is 7.84. The number of alkyl halides is 3. The molecule has 2 aliphatic rings. The summed E-state index contributed by atoms with van der Waals surface area (Å²) < 4.78 is 42.9. The van der Waals surface area contributed by atoms with Gasteiger partial charge in [0.25, 0.3) is 0 Å². The normalized spacial score (nSPS) is 18.3. The number of nitrogens with zero attached hydrogens (tertiary/aromatic N) is 4. The van der Waals surface area contributed by atoms with Crippen LogP contribution in [0.15, 0.2) is 36.4 Å². The first-order valence-electron chi connectivity index (χ1n) is 10.1. The minimum absolute atomic E-state index is 0.118. The zero-order chi connectivity index (χ0) is 21.5. The third-order valence-electron chi connectivity index (χ3n) is 6.12. The van der Waals surface area contributed by atoms with Gasteiger partial charge in [0.1, 0.15) is 12.1 Å². The van der Waals surface area contributed by atoms with Gasteiger partial charge in [-0.3, -0.25) is 0 Å². The first kappa shape index (κ1) is 20.1. The molecule has 154 valence electrons. The van der Waals surface area contributed by atoms with Gasteiger partial charge < -0.3 is 9.47 Å². The van der Waals surface area contributed by atoms with E-state index >= 15 is 0 Å². The van der Waals surface area contributed by atoms with E-state index in [9.17, 15) is 23.7 Å². The van der Waals surface area contributed by atoms with E-state index in [0.717, 1.165) is 38.1 Å². The van der Waals surface area contributed by atoms with E-state index < -0.39 is 12.2 Å². The zero-order valence-corrected chi connectivity index (χ0v) is 16.6. The molecule has 0 bridgehead atoms. The van der Waals surface area contributed by atoms with Crippen molar-refractivity contribution in [2.45, 2.75) is 50.9 Å². The Morgan fingerprint density at radius 2 is 1.87 bits per heavy atom. The first-order valence-corrected chi connectivity index (χ1v) is 10.1. The number of fused-ring (bicyclic) bond motifs is 1. The van der Waals surface area contributed by atoms with E-state index in [-0.39, 0.29) is 12.6 Å². The van der Waals surface area contributed by atoms with Crippen molar-refractivity contribution in [3.8, 4) is 12.1 Å². The Morgan fingerprint density at radius 3 is 2.50 bits per heavy atom. The molecule has 1 atom stereocenters. The molecule has 1 aliphatic carbocycles. The van der Waals surface area contributed by atoms with Crippen LogP contribution < -0.4 is 0 Å². The average Bonchev–Trinajstić information content (AvgIpc) is 3.37. The summed E-state index contributed by atoms with van der Waals surface area (Å²) in [5, 5.41) is 19.9. The topological polar surface area (TPSA) is 55.8 Å². The maximum Gasteiger partial charge on any atom is 0.408 e. The number of hydrogen-bond acceptors (Lipinski definition) is 3. The van der Waals surface area contributed by atoms with Crippen LogP contribution in [0.3, 0.4) is 0 Å². The van der Waals surface area contributed by atoms with Crippen LogP contribution >= 0.6 is 0 Å². The monoisotopic (exact) mass is 410 g/mol. The molecule has 30 heavy (non-hydrogen) atoms. The molecule has 0 N–H and O–H groups in total. The maximum absolute atomic E-state index is 13.6. The average molecular weight is 410 g/mol. The van der Waals surface area contributed by atoms with Crippen molar-refractivity contribution in [1.82, 2.24) is 9.47 Å². The van der Waals surface area contributed by atoms with Gasteiger partial charge in [0.2, 0.25) is 0 Å². The van der Waals surface area contributed by atoms with Crippen molar-refractivity contribution >= 4 is 16.6 Å². The third-order valence-corrected chi connectivity index (χ3v) is 6.12. The molecule has 1 saturated carbocycles. The van der Waals surface area contributed by atoms with Crippen molar-refractivity contribution in [3.63, 3.8) is 0 Å². The smallest absolute Gasteiger partial charge is 0.354 e. The van der Waals surface area contributed by atoms with E-state index in [4.69, 9.17) is 0 Å². The molecule has 1 fully saturated rings. The van der Waals surface area contributed by atoms with Gasteiger partial charge in [-0.2, -0.15) is 23.7 Å². The predicted octanol–water partition coefficient (Wildman–Crippen LogP) is 5.66. The van der Waals surface area contributed by atoms with Gasteiger partial charge in [0.05, 0.1) is 34.1 Å². The summed E-state index contributed by atoms with van der Waals surface area (Å²) in [5.41, 5.74) is 2.47. The molecule has 1 aromatic carbocycles. The highest BCUT2D eigenvalue weighted by Crippen LogP contribution is 2.42. The molecule has 0 saturated heterocycles. The minimum atomic E-state index is -4.39. The van der Waals surface area contributed by atoms with Gasteiger partial charge in [-0.05, 0) is 44.0 Å². The molecular weight excluding hydrogens is 389 g/mol. The van der Waals surface area contributed by atoms with E-state index in [1.807, 2.05) is 10.6 Å². The van der Waals surface area contributed by atoms with Crippen molar-refractivity contribution in [2.75, 3.05) is 6.54 Å². The SMILES string of the molecule is C[C@H](N1CC=CC=C1c1c(C#N)c2cc(C#N)ccc2n1C1CCCC1)C(F)(F)F. The van der Waals surface area contributed by atoms with E-state index in [1.54, 1.807) is 30.4 Å². The fourth-order valence-corrected chi connectivity index (χ4v) is 4.58. The molecular formula is C23H21F3N4. The Morgan fingerprint density at radius 1 is 1.13 bits per heavy atom. The Kier molecular flexibility index (Phi) is 5.07. The van der Waals surface area contributed by atoms with E-state index in [2.05, 4.69) is 12.1 Å². The van der Waals surface area contributed by atoms with Gasteiger partial charge >= 0.3 is 6.18 Å². The zero-order valence-electron chi connectivity index (χ0n) is 16.6. The number of halogens is 3. The standard InChI is InChI=1S/C23H21F3N4/c1-15(23(24,25)26)29-11-5-4-8-21(29)22-19(14-28)18-12-16(13-27)9-10-20(18)30(22)17-6-2-3-7-17/h4-5,8-10,12,15,17H,2-3,6-7,11H2,1H3/t15-/m0/s1. The Balaban J connectivity index is 2.00. The molecule has 1 aromatic heterocycles. The van der Waals surface area contributed by atoms with Gasteiger partial charge in [0.15, 0.2) is 0 Å². The lowest BCUT2D eigenvalue weighted by Gasteiger charge is -2.36. The molecule has 2 aromatic rings. The molecule has 1 aliphatic heterocycles. The fraction of sp³-hybridized carbons (Fsp3) is 0.391. The highest BCUT2D eigenvalue weighted by atomic mass is 19.4. The minimum Gasteiger partial charge on any atom is -0.354 e. The third kappa shape index (κ3) is 3.25. The lowest BCUT2D eigenvalue weighted by atomic mass is 10.0. The Labute approximate surface area is 173 Å². The first-order chi connectivity index (χ1) is 14.4. The van der Waals surface area contributed by atoms with Gasteiger partial charge in [-0.15, -0.1) is 0 Å². The number of benzene rings is 1. The van der Waals surface area contributed by atoms with Crippen molar-refractivity contribution in [2.24, 2.45) is 0 Å². The van der Waals surface area contributed by atoms with Crippen molar-refractivity contribution in [3.05, 3.63) is 53.2 Å². The maximum atomic E-state index is 13.6. The van der Waals surface area contributed by atoms with Gasteiger partial charge in [-0.1, -0.05) is 25.0 Å². The highest BCUT2D eigenvalue weighted by molar-refractivity contribution is 5.94. The summed E-state index contributed by atoms with van der Waals surface area (Å²) in [6.07, 6.45) is 4.63. The van der Waals surface area contributed by atoms with Gasteiger partial charge in [-0.25, -0.2) is 0 Å². The highest BCUT2D eigenvalue weighted by Gasteiger charge is 2.42. The predicted molar refractivity (Wildman–Crippen MR) is 108 cm³/mol. The van der Waals surface area contributed by atoms with Gasteiger partial charge in [0, 0.05) is 18.0 Å². The van der Waals surface area contributed by atoms with Crippen LogP contribution in [0.25, 0.3) is 16.6 Å². The molecule has 4 nitrogen and oxygen atoms in total. The summed E-state index contributed by atoms with van der Waals surface area (Å²) in [5.74, 6) is 0. The van der Waals surface area contributed by atoms with Crippen LogP contribution in [0.2, 0.25) is 0 Å². The van der Waals surface area contributed by atoms with Crippen LogP contribution in [0.1, 0.15) is 55.5 Å². The second-order valence-corrected chi connectivity index (χ2v) is 7.84. The molecule has 0 unspecified atom stereocenters. The Hall–Kier alpha value is -3.19. The summed E-state index contributed by atoms with van der Waals surface area (Å²) in [6.45, 7) is 1.27. The lowest BCUT2D eigenvalue weighted by molar-refractivity contribution is -0.169. The van der Waals surface area contributed by atoms with E-state index in [1.165, 1.54) is 4.90 Å². The van der Waals surface area contributed by atoms with Crippen LogP contribution in [-0.2, 0) is 0 Å². The van der Waals surface area contributed by atoms with Crippen LogP contribution in [0.5, 0.6) is 0 Å². The van der Waals surface area contributed by atoms with Crippen LogP contribution in [0, 0.1) is 22.7 Å². The molecule has 0 radical (unpaired) electrons. The molecule has 7 heteroatoms. The molecule has 4 rings (SSSR count). The molecule has 0 spiro atoms. The van der Waals surface area contributed by atoms with Crippen LogP contribution in [0.4, 0.5) is 13.2 Å². The van der Waals surface area contributed by atoms with Crippen molar-refractivity contribution < 1.29 is 13.2 Å². The summed E-state index contributed by atoms with van der Waals surface area (Å²) in [4.78, 5) is 1.31. The van der Waals surface area contributed by atoms with E-state index in [0.29, 0.717) is 27.9 Å². The lowest BCUT2D eigenvalue weighted by Crippen LogP contribution is -2.43. The molecule has 0 amide bonds. The number of aromatic nitrogens is 1. The summed E-state index contributed by atoms with van der Waals surface area (Å²) >= 11 is 0. The largest absolute Gasteiger partial charge is 0.408 e. The number of hydrogen-bond donors (Lipinski definition) is 0. The second kappa shape index (κ2) is 7.57. The number of allylic oxidation sites excluding steroid dienone is 2. The number of rotatable bonds is 3. The quantitative estimate of drug-likeness (QED) is 0.656. The fourth-order valence-electron chi connectivity index (χ4n) is 4.58. The summed E-state index contributed by atoms with van der Waals surface area (Å²) in [6, 6.07) is 7.92. The summed E-state index contributed by atoms with van der Waals surface area (Å²) in [7, 11) is 0. The number of nitriles is 2. The molecule has 2 heterocycles.